The lowest BCUT2D eigenvalue weighted by molar-refractivity contribution is -0.384. The van der Waals surface area contributed by atoms with Gasteiger partial charge in [0.1, 0.15) is 10.7 Å². The lowest BCUT2D eigenvalue weighted by Gasteiger charge is -2.04. The number of nitrogens with one attached hydrogen (secondary N) is 2. The number of nitro groups is 1. The lowest BCUT2D eigenvalue weighted by Crippen LogP contribution is -2.26. The molecule has 8 nitrogen and oxygen atoms in total. The van der Waals surface area contributed by atoms with Gasteiger partial charge in [0.25, 0.3) is 17.5 Å². The summed E-state index contributed by atoms with van der Waals surface area (Å²) in [6.07, 6.45) is 0.641. The van der Waals surface area contributed by atoms with Crippen molar-refractivity contribution >= 4 is 40.4 Å². The number of halogens is 1. The highest BCUT2D eigenvalue weighted by atomic mass is 35.5. The van der Waals surface area contributed by atoms with E-state index < -0.39 is 10.8 Å². The third-order valence-electron chi connectivity index (χ3n) is 4.09. The number of hydrogen-bond acceptors (Lipinski definition) is 6. The highest BCUT2D eigenvalue weighted by molar-refractivity contribution is 7.09. The molecule has 0 aliphatic carbocycles. The maximum absolute atomic E-state index is 12.2. The highest BCUT2D eigenvalue weighted by Gasteiger charge is 2.14. The van der Waals surface area contributed by atoms with E-state index in [1.807, 2.05) is 18.2 Å². The zero-order chi connectivity index (χ0) is 21.5. The second-order valence-corrected chi connectivity index (χ2v) is 7.63. The van der Waals surface area contributed by atoms with Crippen LogP contribution in [0.4, 0.5) is 5.69 Å². The Labute approximate surface area is 181 Å². The van der Waals surface area contributed by atoms with Gasteiger partial charge in [-0.2, -0.15) is 0 Å². The van der Waals surface area contributed by atoms with Gasteiger partial charge in [-0.15, -0.1) is 11.3 Å². The van der Waals surface area contributed by atoms with Crippen molar-refractivity contribution in [3.8, 4) is 0 Å². The molecular weight excluding hydrogens is 428 g/mol. The Bertz CT molecular complexity index is 1090. The van der Waals surface area contributed by atoms with E-state index in [0.29, 0.717) is 23.0 Å². The summed E-state index contributed by atoms with van der Waals surface area (Å²) in [6, 6.07) is 12.9. The molecule has 10 heteroatoms. The van der Waals surface area contributed by atoms with Gasteiger partial charge in [-0.05, 0) is 30.2 Å². The minimum absolute atomic E-state index is 0.113. The molecule has 0 spiro atoms. The number of non-ortho nitro benzene ring substituents is 1. The molecule has 0 saturated carbocycles. The Morgan fingerprint density at radius 3 is 2.67 bits per heavy atom. The second-order valence-electron chi connectivity index (χ2n) is 6.25. The predicted octanol–water partition coefficient (Wildman–Crippen LogP) is 3.61. The molecule has 2 amide bonds. The van der Waals surface area contributed by atoms with Crippen LogP contribution in [-0.4, -0.2) is 28.3 Å². The van der Waals surface area contributed by atoms with Crippen LogP contribution in [0.1, 0.15) is 31.4 Å². The Morgan fingerprint density at radius 2 is 1.90 bits per heavy atom. The fraction of sp³-hybridized carbons (Fsp3) is 0.150. The number of benzene rings is 2. The van der Waals surface area contributed by atoms with Gasteiger partial charge >= 0.3 is 0 Å². The molecule has 0 saturated heterocycles. The quantitative estimate of drug-likeness (QED) is 0.407. The molecule has 2 N–H and O–H groups in total. The van der Waals surface area contributed by atoms with Crippen LogP contribution in [0, 0.1) is 10.1 Å². The number of aromatic nitrogens is 1. The van der Waals surface area contributed by atoms with E-state index in [1.54, 1.807) is 11.4 Å². The van der Waals surface area contributed by atoms with E-state index in [9.17, 15) is 19.7 Å². The molecule has 0 radical (unpaired) electrons. The van der Waals surface area contributed by atoms with Crippen molar-refractivity contribution in [3.63, 3.8) is 0 Å². The molecule has 1 aromatic heterocycles. The molecule has 3 rings (SSSR count). The van der Waals surface area contributed by atoms with Crippen molar-refractivity contribution < 1.29 is 14.5 Å². The van der Waals surface area contributed by atoms with Crippen molar-refractivity contribution in [2.24, 2.45) is 0 Å². The van der Waals surface area contributed by atoms with E-state index in [2.05, 4.69) is 15.6 Å². The number of nitrogens with zero attached hydrogens (tertiary/aromatic N) is 2. The van der Waals surface area contributed by atoms with E-state index in [4.69, 9.17) is 11.6 Å². The van der Waals surface area contributed by atoms with Crippen molar-refractivity contribution in [1.29, 1.82) is 0 Å². The van der Waals surface area contributed by atoms with Gasteiger partial charge in [-0.1, -0.05) is 29.8 Å². The number of carbonyl (C=O) groups is 2. The van der Waals surface area contributed by atoms with Crippen LogP contribution in [-0.2, 0) is 13.0 Å². The zero-order valence-electron chi connectivity index (χ0n) is 15.6. The summed E-state index contributed by atoms with van der Waals surface area (Å²) in [4.78, 5) is 38.9. The molecule has 1 heterocycles. The number of amides is 2. The normalized spacial score (nSPS) is 10.4. The van der Waals surface area contributed by atoms with Crippen molar-refractivity contribution in [2.75, 3.05) is 6.54 Å². The van der Waals surface area contributed by atoms with E-state index in [-0.39, 0.29) is 29.4 Å². The predicted molar refractivity (Wildman–Crippen MR) is 114 cm³/mol. The van der Waals surface area contributed by atoms with Gasteiger partial charge in [0.15, 0.2) is 0 Å². The molecule has 0 bridgehead atoms. The van der Waals surface area contributed by atoms with Crippen molar-refractivity contribution in [1.82, 2.24) is 15.6 Å². The van der Waals surface area contributed by atoms with Crippen LogP contribution < -0.4 is 10.6 Å². The molecule has 0 aliphatic heterocycles. The largest absolute Gasteiger partial charge is 0.350 e. The van der Waals surface area contributed by atoms with E-state index >= 15 is 0 Å². The summed E-state index contributed by atoms with van der Waals surface area (Å²) in [5.41, 5.74) is 1.31. The first-order chi connectivity index (χ1) is 14.4. The molecule has 0 unspecified atom stereocenters. The first kappa shape index (κ1) is 21.4. The summed E-state index contributed by atoms with van der Waals surface area (Å²) < 4.78 is 0. The minimum atomic E-state index is -0.561. The molecule has 30 heavy (non-hydrogen) atoms. The van der Waals surface area contributed by atoms with Gasteiger partial charge in [-0.3, -0.25) is 19.7 Å². The van der Waals surface area contributed by atoms with E-state index in [1.165, 1.54) is 35.6 Å². The first-order valence-corrected chi connectivity index (χ1v) is 10.2. The van der Waals surface area contributed by atoms with Crippen molar-refractivity contribution in [3.05, 3.63) is 90.9 Å². The van der Waals surface area contributed by atoms with Crippen molar-refractivity contribution in [2.45, 2.75) is 13.0 Å². The molecule has 0 fully saturated rings. The molecule has 0 aliphatic rings. The second kappa shape index (κ2) is 9.95. The average Bonchev–Trinajstić information content (AvgIpc) is 3.21. The SMILES string of the molecule is O=C(NCc1nc(C(=O)NCCc2cccc(Cl)c2)cs1)c1cccc([N+](=O)[O-])c1. The number of carbonyl (C=O) groups excluding carboxylic acids is 2. The standard InChI is InChI=1S/C20H17ClN4O4S/c21-15-5-1-3-13(9-15)7-8-22-20(27)17-12-30-18(24-17)11-23-19(26)14-4-2-6-16(10-14)25(28)29/h1-6,9-10,12H,7-8,11H2,(H,22,27)(H,23,26). The zero-order valence-corrected chi connectivity index (χ0v) is 17.2. The van der Waals surface area contributed by atoms with Crippen LogP contribution in [0.2, 0.25) is 5.02 Å². The average molecular weight is 445 g/mol. The number of rotatable bonds is 8. The monoisotopic (exact) mass is 444 g/mol. The summed E-state index contributed by atoms with van der Waals surface area (Å²) >= 11 is 7.18. The maximum Gasteiger partial charge on any atom is 0.270 e. The summed E-state index contributed by atoms with van der Waals surface area (Å²) in [7, 11) is 0. The summed E-state index contributed by atoms with van der Waals surface area (Å²) in [5.74, 6) is -0.758. The Balaban J connectivity index is 1.49. The van der Waals surface area contributed by atoms with Crippen LogP contribution in [0.15, 0.2) is 53.9 Å². The first-order valence-electron chi connectivity index (χ1n) is 8.92. The lowest BCUT2D eigenvalue weighted by atomic mass is 10.1. The summed E-state index contributed by atoms with van der Waals surface area (Å²) in [6.45, 7) is 0.553. The minimum Gasteiger partial charge on any atom is -0.350 e. The molecule has 154 valence electrons. The topological polar surface area (TPSA) is 114 Å². The van der Waals surface area contributed by atoms with Gasteiger partial charge in [0.05, 0.1) is 11.5 Å². The fourth-order valence-electron chi connectivity index (χ4n) is 2.62. The highest BCUT2D eigenvalue weighted by Crippen LogP contribution is 2.14. The van der Waals surface area contributed by atoms with Gasteiger partial charge in [0.2, 0.25) is 0 Å². The number of thiazole rings is 1. The number of nitro benzene ring substituents is 1. The molecular formula is C20H17ClN4O4S. The fourth-order valence-corrected chi connectivity index (χ4v) is 3.55. The van der Waals surface area contributed by atoms with Crippen LogP contribution in [0.3, 0.4) is 0 Å². The third kappa shape index (κ3) is 5.85. The molecule has 2 aromatic carbocycles. The van der Waals surface area contributed by atoms with Gasteiger partial charge < -0.3 is 10.6 Å². The smallest absolute Gasteiger partial charge is 0.270 e. The van der Waals surface area contributed by atoms with Crippen LogP contribution >= 0.6 is 22.9 Å². The number of hydrogen-bond donors (Lipinski definition) is 2. The van der Waals surface area contributed by atoms with Gasteiger partial charge in [-0.25, -0.2) is 4.98 Å². The Kier molecular flexibility index (Phi) is 7.10. The maximum atomic E-state index is 12.2. The van der Waals surface area contributed by atoms with Crippen LogP contribution in [0.25, 0.3) is 0 Å². The molecule has 3 aromatic rings. The molecule has 0 atom stereocenters. The Morgan fingerprint density at radius 1 is 1.10 bits per heavy atom. The summed E-state index contributed by atoms with van der Waals surface area (Å²) in [5, 5.41) is 19.1. The van der Waals surface area contributed by atoms with Crippen LogP contribution in [0.5, 0.6) is 0 Å². The van der Waals surface area contributed by atoms with Gasteiger partial charge in [0, 0.05) is 34.6 Å². The third-order valence-corrected chi connectivity index (χ3v) is 5.18. The van der Waals surface area contributed by atoms with E-state index in [0.717, 1.165) is 5.56 Å². The Hall–Kier alpha value is -3.30.